The maximum Gasteiger partial charge on any atom is 0.435 e. The van der Waals surface area contributed by atoms with Gasteiger partial charge in [0.05, 0.1) is 17.9 Å². The first-order chi connectivity index (χ1) is 20.3. The van der Waals surface area contributed by atoms with Crippen LogP contribution in [0.25, 0.3) is 38.5 Å². The first-order valence-electron chi connectivity index (χ1n) is 13.1. The number of rotatable bonds is 6. The molecule has 5 aromatic carbocycles. The molecule has 0 radical (unpaired) electrons. The molecule has 0 saturated heterocycles. The number of aromatic nitrogens is 2. The van der Waals surface area contributed by atoms with Crippen molar-refractivity contribution in [2.75, 3.05) is 11.9 Å². The quantitative estimate of drug-likeness (QED) is 0.210. The van der Waals surface area contributed by atoms with Crippen molar-refractivity contribution in [3.05, 3.63) is 127 Å². The smallest absolute Gasteiger partial charge is 0.343 e. The predicted octanol–water partition coefficient (Wildman–Crippen LogP) is 7.23. The Bertz CT molecular complexity index is 1930. The van der Waals surface area contributed by atoms with Crippen molar-refractivity contribution in [3.63, 3.8) is 0 Å². The molecule has 0 saturated carbocycles. The third-order valence-electron chi connectivity index (χ3n) is 6.88. The highest BCUT2D eigenvalue weighted by Gasteiger charge is 2.35. The van der Waals surface area contributed by atoms with Crippen molar-refractivity contribution in [1.82, 2.24) is 15.1 Å². The number of carbonyl (C=O) groups excluding carboxylic acids is 2. The van der Waals surface area contributed by atoms with Gasteiger partial charge in [0.1, 0.15) is 0 Å². The first kappa shape index (κ1) is 26.8. The average molecular weight is 565 g/mol. The number of amides is 2. The summed E-state index contributed by atoms with van der Waals surface area (Å²) >= 11 is 0. The Morgan fingerprint density at radius 3 is 2.19 bits per heavy atom. The zero-order chi connectivity index (χ0) is 29.3. The summed E-state index contributed by atoms with van der Waals surface area (Å²) in [4.78, 5) is 24.6. The maximum absolute atomic E-state index is 13.7. The van der Waals surface area contributed by atoms with Gasteiger partial charge in [0.2, 0.25) is 5.91 Å². The van der Waals surface area contributed by atoms with Crippen LogP contribution in [0.15, 0.2) is 115 Å². The molecule has 0 aliphatic rings. The molecule has 0 unspecified atom stereocenters. The number of benzene rings is 5. The van der Waals surface area contributed by atoms with Gasteiger partial charge >= 0.3 is 6.18 Å². The summed E-state index contributed by atoms with van der Waals surface area (Å²) in [6.07, 6.45) is -4.63. The lowest BCUT2D eigenvalue weighted by molar-refractivity contribution is -0.141. The molecule has 9 heteroatoms. The molecule has 1 aromatic heterocycles. The monoisotopic (exact) mass is 564 g/mol. The van der Waals surface area contributed by atoms with Crippen molar-refractivity contribution in [3.8, 4) is 16.9 Å². The number of anilines is 1. The Morgan fingerprint density at radius 1 is 0.738 bits per heavy atom. The molecule has 6 aromatic rings. The normalized spacial score (nSPS) is 11.5. The fourth-order valence-corrected chi connectivity index (χ4v) is 4.84. The molecule has 6 rings (SSSR count). The summed E-state index contributed by atoms with van der Waals surface area (Å²) in [5.74, 6) is -0.829. The van der Waals surface area contributed by atoms with Crippen molar-refractivity contribution >= 4 is 39.0 Å². The number of alkyl halides is 3. The number of fused-ring (bicyclic) bond motifs is 3. The van der Waals surface area contributed by atoms with Crippen LogP contribution in [0, 0.1) is 0 Å². The lowest BCUT2D eigenvalue weighted by atomic mass is 9.99. The van der Waals surface area contributed by atoms with Crippen LogP contribution < -0.4 is 10.6 Å². The number of carbonyl (C=O) groups is 2. The Hall–Kier alpha value is -5.44. The minimum absolute atomic E-state index is 0.245. The van der Waals surface area contributed by atoms with E-state index in [9.17, 15) is 22.8 Å². The molecule has 1 heterocycles. The van der Waals surface area contributed by atoms with E-state index in [0.29, 0.717) is 22.5 Å². The summed E-state index contributed by atoms with van der Waals surface area (Å²) in [7, 11) is 0. The van der Waals surface area contributed by atoms with Gasteiger partial charge in [0.15, 0.2) is 5.69 Å². The largest absolute Gasteiger partial charge is 0.435 e. The second kappa shape index (κ2) is 10.9. The SMILES string of the molecule is O=C(CNC(=O)c1ccccc1)Nc1ccc(-n2nc(C(F)(F)F)cc2-c2ccc3c(ccc4ccccc43)c2)cc1. The van der Waals surface area contributed by atoms with E-state index < -0.39 is 17.8 Å². The van der Waals surface area contributed by atoms with E-state index >= 15 is 0 Å². The molecular weight excluding hydrogens is 541 g/mol. The molecule has 0 spiro atoms. The van der Waals surface area contributed by atoms with E-state index in [4.69, 9.17) is 0 Å². The zero-order valence-corrected chi connectivity index (χ0v) is 22.0. The van der Waals surface area contributed by atoms with E-state index in [1.165, 1.54) is 4.68 Å². The lowest BCUT2D eigenvalue weighted by Crippen LogP contribution is -2.32. The van der Waals surface area contributed by atoms with E-state index in [2.05, 4.69) is 15.7 Å². The summed E-state index contributed by atoms with van der Waals surface area (Å²) in [5, 5.41) is 13.1. The second-order valence-corrected chi connectivity index (χ2v) is 9.69. The number of halogens is 3. The van der Waals surface area contributed by atoms with Crippen molar-refractivity contribution < 1.29 is 22.8 Å². The fraction of sp³-hybridized carbons (Fsp3) is 0.0606. The van der Waals surface area contributed by atoms with Gasteiger partial charge in [-0.15, -0.1) is 0 Å². The van der Waals surface area contributed by atoms with E-state index in [-0.39, 0.29) is 18.1 Å². The predicted molar refractivity (Wildman–Crippen MR) is 156 cm³/mol. The van der Waals surface area contributed by atoms with Crippen molar-refractivity contribution in [2.45, 2.75) is 6.18 Å². The molecule has 2 N–H and O–H groups in total. The van der Waals surface area contributed by atoms with Crippen molar-refractivity contribution in [2.24, 2.45) is 0 Å². The zero-order valence-electron chi connectivity index (χ0n) is 22.0. The maximum atomic E-state index is 13.7. The fourth-order valence-electron chi connectivity index (χ4n) is 4.84. The Labute approximate surface area is 238 Å². The van der Waals surface area contributed by atoms with Gasteiger partial charge in [-0.3, -0.25) is 9.59 Å². The molecule has 208 valence electrons. The molecule has 6 nitrogen and oxygen atoms in total. The summed E-state index contributed by atoms with van der Waals surface area (Å²) in [6, 6.07) is 33.3. The molecule has 0 fully saturated rings. The Kier molecular flexibility index (Phi) is 6.92. The van der Waals surface area contributed by atoms with Gasteiger partial charge in [0, 0.05) is 16.8 Å². The van der Waals surface area contributed by atoms with Gasteiger partial charge in [-0.05, 0) is 70.1 Å². The topological polar surface area (TPSA) is 76.0 Å². The van der Waals surface area contributed by atoms with Crippen molar-refractivity contribution in [1.29, 1.82) is 0 Å². The van der Waals surface area contributed by atoms with Crippen LogP contribution in [0.5, 0.6) is 0 Å². The van der Waals surface area contributed by atoms with Crippen LogP contribution in [0.3, 0.4) is 0 Å². The summed E-state index contributed by atoms with van der Waals surface area (Å²) in [6.45, 7) is -0.245. The Morgan fingerprint density at radius 2 is 1.43 bits per heavy atom. The molecule has 0 aliphatic carbocycles. The second-order valence-electron chi connectivity index (χ2n) is 9.69. The molecule has 0 aliphatic heterocycles. The van der Waals surface area contributed by atoms with Gasteiger partial charge in [-0.1, -0.05) is 66.7 Å². The number of hydrogen-bond acceptors (Lipinski definition) is 3. The van der Waals surface area contributed by atoms with Crippen LogP contribution in [-0.2, 0) is 11.0 Å². The van der Waals surface area contributed by atoms with Crippen LogP contribution in [0.2, 0.25) is 0 Å². The molecule has 0 bridgehead atoms. The first-order valence-corrected chi connectivity index (χ1v) is 13.1. The van der Waals surface area contributed by atoms with Gasteiger partial charge in [0.25, 0.3) is 5.91 Å². The van der Waals surface area contributed by atoms with Gasteiger partial charge in [-0.2, -0.15) is 18.3 Å². The van der Waals surface area contributed by atoms with Gasteiger partial charge in [-0.25, -0.2) is 4.68 Å². The number of nitrogens with zero attached hydrogens (tertiary/aromatic N) is 2. The summed E-state index contributed by atoms with van der Waals surface area (Å²) < 4.78 is 42.4. The van der Waals surface area contributed by atoms with Crippen LogP contribution in [0.1, 0.15) is 16.1 Å². The third kappa shape index (κ3) is 5.44. The van der Waals surface area contributed by atoms with E-state index in [1.54, 1.807) is 60.7 Å². The van der Waals surface area contributed by atoms with Crippen LogP contribution in [-0.4, -0.2) is 28.1 Å². The van der Waals surface area contributed by atoms with Crippen LogP contribution in [0.4, 0.5) is 18.9 Å². The lowest BCUT2D eigenvalue weighted by Gasteiger charge is -2.11. The summed E-state index contributed by atoms with van der Waals surface area (Å²) in [5.41, 5.74) is 1.07. The number of hydrogen-bond donors (Lipinski definition) is 2. The van der Waals surface area contributed by atoms with E-state index in [0.717, 1.165) is 27.6 Å². The van der Waals surface area contributed by atoms with Crippen LogP contribution >= 0.6 is 0 Å². The molecule has 2 amide bonds. The number of nitrogens with one attached hydrogen (secondary N) is 2. The average Bonchev–Trinajstić information content (AvgIpc) is 3.47. The van der Waals surface area contributed by atoms with Gasteiger partial charge < -0.3 is 10.6 Å². The molecule has 42 heavy (non-hydrogen) atoms. The standard InChI is InChI=1S/C33H23F3N4O2/c34-33(35,36)30-19-29(24-12-17-28-23(18-24)11-10-21-6-4-5-9-27(21)28)40(39-30)26-15-13-25(14-16-26)38-31(41)20-37-32(42)22-7-2-1-3-8-22/h1-19H,20H2,(H,37,42)(H,38,41). The Balaban J connectivity index is 1.26. The van der Waals surface area contributed by atoms with E-state index in [1.807, 2.05) is 48.5 Å². The highest BCUT2D eigenvalue weighted by atomic mass is 19.4. The third-order valence-corrected chi connectivity index (χ3v) is 6.88. The minimum atomic E-state index is -4.63. The highest BCUT2D eigenvalue weighted by molar-refractivity contribution is 6.08. The highest BCUT2D eigenvalue weighted by Crippen LogP contribution is 2.35. The minimum Gasteiger partial charge on any atom is -0.343 e. The molecule has 0 atom stereocenters. The molecular formula is C33H23F3N4O2.